The first-order chi connectivity index (χ1) is 11.8. The van der Waals surface area contributed by atoms with Crippen molar-refractivity contribution in [2.75, 3.05) is 5.32 Å². The summed E-state index contributed by atoms with van der Waals surface area (Å²) >= 11 is 0. The molecule has 1 unspecified atom stereocenters. The van der Waals surface area contributed by atoms with E-state index in [2.05, 4.69) is 10.6 Å². The number of amides is 2. The lowest BCUT2D eigenvalue weighted by atomic mass is 10.1. The minimum atomic E-state index is -4.54. The molecular weight excluding hydrogens is 337 g/mol. The van der Waals surface area contributed by atoms with Crippen molar-refractivity contribution >= 4 is 17.7 Å². The zero-order chi connectivity index (χ0) is 18.4. The molecule has 5 nitrogen and oxygen atoms in total. The van der Waals surface area contributed by atoms with Crippen molar-refractivity contribution in [3.63, 3.8) is 0 Å². The molecule has 0 bridgehead atoms. The summed E-state index contributed by atoms with van der Waals surface area (Å²) < 4.78 is 38.0. The molecule has 25 heavy (non-hydrogen) atoms. The molecule has 0 aromatic heterocycles. The average molecular weight is 352 g/mol. The van der Waals surface area contributed by atoms with E-state index in [4.69, 9.17) is 0 Å². The average Bonchev–Trinajstić information content (AvgIpc) is 2.54. The van der Waals surface area contributed by atoms with Gasteiger partial charge in [0.15, 0.2) is 0 Å². The Bertz CT molecular complexity index is 748. The third kappa shape index (κ3) is 5.52. The molecule has 0 aliphatic rings. The summed E-state index contributed by atoms with van der Waals surface area (Å²) in [6.07, 6.45) is -4.49. The number of urea groups is 1. The van der Waals surface area contributed by atoms with E-state index < -0.39 is 29.8 Å². The molecule has 2 rings (SSSR count). The first-order valence-corrected chi connectivity index (χ1v) is 7.27. The van der Waals surface area contributed by atoms with Crippen LogP contribution in [0.4, 0.5) is 23.7 Å². The summed E-state index contributed by atoms with van der Waals surface area (Å²) in [6, 6.07) is 10.6. The van der Waals surface area contributed by atoms with Crippen LogP contribution in [0.3, 0.4) is 0 Å². The van der Waals surface area contributed by atoms with E-state index in [0.29, 0.717) is 5.56 Å². The van der Waals surface area contributed by atoms with Crippen molar-refractivity contribution in [2.24, 2.45) is 0 Å². The van der Waals surface area contributed by atoms with Crippen LogP contribution in [0.25, 0.3) is 0 Å². The molecule has 2 aromatic rings. The molecule has 1 atom stereocenters. The van der Waals surface area contributed by atoms with Crippen LogP contribution in [0.5, 0.6) is 0 Å². The Labute approximate surface area is 141 Å². The molecule has 0 saturated heterocycles. The van der Waals surface area contributed by atoms with Crippen LogP contribution < -0.4 is 10.6 Å². The highest BCUT2D eigenvalue weighted by Crippen LogP contribution is 2.30. The number of carboxylic acids is 1. The summed E-state index contributed by atoms with van der Waals surface area (Å²) in [5, 5.41) is 13.7. The van der Waals surface area contributed by atoms with Crippen molar-refractivity contribution in [3.8, 4) is 0 Å². The van der Waals surface area contributed by atoms with Crippen LogP contribution in [-0.2, 0) is 17.4 Å². The Morgan fingerprint density at radius 2 is 1.72 bits per heavy atom. The van der Waals surface area contributed by atoms with E-state index in [1.54, 1.807) is 30.3 Å². The van der Waals surface area contributed by atoms with E-state index >= 15 is 0 Å². The highest BCUT2D eigenvalue weighted by molar-refractivity contribution is 5.92. The minimum Gasteiger partial charge on any atom is -0.480 e. The van der Waals surface area contributed by atoms with Gasteiger partial charge in [-0.3, -0.25) is 0 Å². The number of rotatable bonds is 5. The van der Waals surface area contributed by atoms with Gasteiger partial charge in [-0.15, -0.1) is 0 Å². The molecule has 0 radical (unpaired) electrons. The third-order valence-corrected chi connectivity index (χ3v) is 3.33. The Hall–Kier alpha value is -3.03. The standard InChI is InChI=1S/C17H15F3N2O3/c18-17(19,20)12-7-4-8-13(10-12)21-16(25)22-14(15(23)24)9-11-5-2-1-3-6-11/h1-8,10,14H,9H2,(H,23,24)(H2,21,22,25). The van der Waals surface area contributed by atoms with Crippen molar-refractivity contribution in [1.29, 1.82) is 0 Å². The number of aliphatic carboxylic acids is 1. The van der Waals surface area contributed by atoms with Gasteiger partial charge in [0, 0.05) is 12.1 Å². The van der Waals surface area contributed by atoms with Gasteiger partial charge in [-0.05, 0) is 23.8 Å². The van der Waals surface area contributed by atoms with Crippen molar-refractivity contribution < 1.29 is 27.9 Å². The molecule has 0 fully saturated rings. The number of anilines is 1. The smallest absolute Gasteiger partial charge is 0.416 e. The summed E-state index contributed by atoms with van der Waals surface area (Å²) in [7, 11) is 0. The maximum absolute atomic E-state index is 12.7. The van der Waals surface area contributed by atoms with Crippen LogP contribution in [-0.4, -0.2) is 23.1 Å². The molecule has 2 amide bonds. The molecule has 3 N–H and O–H groups in total. The summed E-state index contributed by atoms with van der Waals surface area (Å²) in [5.74, 6) is -1.25. The van der Waals surface area contributed by atoms with Gasteiger partial charge < -0.3 is 15.7 Å². The topological polar surface area (TPSA) is 78.4 Å². The molecule has 0 aliphatic carbocycles. The molecular formula is C17H15F3N2O3. The third-order valence-electron chi connectivity index (χ3n) is 3.33. The molecule has 132 valence electrons. The quantitative estimate of drug-likeness (QED) is 0.770. The summed E-state index contributed by atoms with van der Waals surface area (Å²) in [4.78, 5) is 23.2. The van der Waals surface area contributed by atoms with Crippen LogP contribution in [0, 0.1) is 0 Å². The number of carboxylic acid groups (broad SMARTS) is 1. The normalized spacial score (nSPS) is 12.3. The Kier molecular flexibility index (Phi) is 5.63. The number of benzene rings is 2. The van der Waals surface area contributed by atoms with Crippen molar-refractivity contribution in [2.45, 2.75) is 18.6 Å². The highest BCUT2D eigenvalue weighted by atomic mass is 19.4. The number of carbonyl (C=O) groups is 2. The first-order valence-electron chi connectivity index (χ1n) is 7.27. The maximum atomic E-state index is 12.7. The highest BCUT2D eigenvalue weighted by Gasteiger charge is 2.30. The van der Waals surface area contributed by atoms with Crippen LogP contribution in [0.2, 0.25) is 0 Å². The van der Waals surface area contributed by atoms with E-state index in [-0.39, 0.29) is 12.1 Å². The van der Waals surface area contributed by atoms with Gasteiger partial charge >= 0.3 is 18.2 Å². The number of hydrogen-bond acceptors (Lipinski definition) is 2. The summed E-state index contributed by atoms with van der Waals surface area (Å²) in [5.41, 5.74) is -0.296. The van der Waals surface area contributed by atoms with Gasteiger partial charge in [-0.2, -0.15) is 13.2 Å². The van der Waals surface area contributed by atoms with E-state index in [9.17, 15) is 27.9 Å². The zero-order valence-electron chi connectivity index (χ0n) is 12.9. The fourth-order valence-electron chi connectivity index (χ4n) is 2.15. The second kappa shape index (κ2) is 7.69. The predicted octanol–water partition coefficient (Wildman–Crippen LogP) is 3.52. The number of carbonyl (C=O) groups excluding carboxylic acids is 1. The van der Waals surface area contributed by atoms with E-state index in [1.165, 1.54) is 6.07 Å². The first kappa shape index (κ1) is 18.3. The molecule has 0 heterocycles. The van der Waals surface area contributed by atoms with E-state index in [0.717, 1.165) is 18.2 Å². The van der Waals surface area contributed by atoms with Crippen molar-refractivity contribution in [3.05, 3.63) is 65.7 Å². The molecule has 0 spiro atoms. The van der Waals surface area contributed by atoms with E-state index in [1.807, 2.05) is 0 Å². The number of nitrogens with one attached hydrogen (secondary N) is 2. The second-order valence-corrected chi connectivity index (χ2v) is 5.26. The Morgan fingerprint density at radius 3 is 2.32 bits per heavy atom. The van der Waals surface area contributed by atoms with Gasteiger partial charge in [0.1, 0.15) is 6.04 Å². The largest absolute Gasteiger partial charge is 0.480 e. The molecule has 2 aromatic carbocycles. The van der Waals surface area contributed by atoms with Crippen molar-refractivity contribution in [1.82, 2.24) is 5.32 Å². The monoisotopic (exact) mass is 352 g/mol. The lowest BCUT2D eigenvalue weighted by molar-refractivity contribution is -0.139. The number of alkyl halides is 3. The van der Waals surface area contributed by atoms with Gasteiger partial charge in [0.05, 0.1) is 5.56 Å². The lowest BCUT2D eigenvalue weighted by Crippen LogP contribution is -2.44. The Balaban J connectivity index is 2.03. The van der Waals surface area contributed by atoms with Crippen LogP contribution in [0.15, 0.2) is 54.6 Å². The summed E-state index contributed by atoms with van der Waals surface area (Å²) in [6.45, 7) is 0. The SMILES string of the molecule is O=C(Nc1cccc(C(F)(F)F)c1)NC(Cc1ccccc1)C(=O)O. The molecule has 0 aliphatic heterocycles. The fourth-order valence-corrected chi connectivity index (χ4v) is 2.15. The van der Waals surface area contributed by atoms with Gasteiger partial charge in [0.2, 0.25) is 0 Å². The fraction of sp³-hybridized carbons (Fsp3) is 0.176. The van der Waals surface area contributed by atoms with Gasteiger partial charge in [-0.25, -0.2) is 9.59 Å². The van der Waals surface area contributed by atoms with Crippen LogP contribution in [0.1, 0.15) is 11.1 Å². The maximum Gasteiger partial charge on any atom is 0.416 e. The predicted molar refractivity (Wildman–Crippen MR) is 85.2 cm³/mol. The molecule has 8 heteroatoms. The Morgan fingerprint density at radius 1 is 1.04 bits per heavy atom. The zero-order valence-corrected chi connectivity index (χ0v) is 12.9. The minimum absolute atomic E-state index is 0.0478. The van der Waals surface area contributed by atoms with Crippen LogP contribution >= 0.6 is 0 Å². The van der Waals surface area contributed by atoms with Gasteiger partial charge in [0.25, 0.3) is 0 Å². The lowest BCUT2D eigenvalue weighted by Gasteiger charge is -2.16. The van der Waals surface area contributed by atoms with Gasteiger partial charge in [-0.1, -0.05) is 36.4 Å². The second-order valence-electron chi connectivity index (χ2n) is 5.26. The number of hydrogen-bond donors (Lipinski definition) is 3. The molecule has 0 saturated carbocycles. The number of halogens is 3.